The Hall–Kier alpha value is -2.89. The first-order valence-corrected chi connectivity index (χ1v) is 9.61. The summed E-state index contributed by atoms with van der Waals surface area (Å²) in [5.74, 6) is -5.07. The van der Waals surface area contributed by atoms with E-state index in [1.165, 1.54) is 12.1 Å². The van der Waals surface area contributed by atoms with Crippen LogP contribution in [-0.4, -0.2) is 41.4 Å². The monoisotopic (exact) mass is 464 g/mol. The van der Waals surface area contributed by atoms with Crippen LogP contribution in [0.3, 0.4) is 0 Å². The van der Waals surface area contributed by atoms with E-state index in [2.05, 4.69) is 0 Å². The molecule has 2 heterocycles. The topological polar surface area (TPSA) is 66.5 Å². The Morgan fingerprint density at radius 3 is 2.16 bits per heavy atom. The van der Waals surface area contributed by atoms with Crippen LogP contribution in [0, 0.1) is 6.92 Å². The lowest BCUT2D eigenvalue weighted by molar-refractivity contribution is -0.186. The first-order chi connectivity index (χ1) is 14.3. The Labute approximate surface area is 175 Å². The molecular formula is C19H14F6N2O3S. The smallest absolute Gasteiger partial charge is 0.329 e. The van der Waals surface area contributed by atoms with E-state index in [-0.39, 0.29) is 34.5 Å². The number of rotatable bonds is 3. The van der Waals surface area contributed by atoms with Crippen molar-refractivity contribution < 1.29 is 40.7 Å². The van der Waals surface area contributed by atoms with Gasteiger partial charge in [-0.05, 0) is 18.9 Å². The van der Waals surface area contributed by atoms with Crippen LogP contribution in [0.4, 0.5) is 31.3 Å². The lowest BCUT2D eigenvalue weighted by atomic mass is 9.95. The van der Waals surface area contributed by atoms with E-state index < -0.39 is 41.5 Å². The molecule has 0 saturated heterocycles. The Balaban J connectivity index is 2.03. The van der Waals surface area contributed by atoms with Crippen molar-refractivity contribution >= 4 is 33.9 Å². The van der Waals surface area contributed by atoms with Crippen molar-refractivity contribution in [3.8, 4) is 0 Å². The summed E-state index contributed by atoms with van der Waals surface area (Å²) in [7, 11) is 0. The molecule has 3 rings (SSSR count). The highest BCUT2D eigenvalue weighted by Crippen LogP contribution is 2.40. The van der Waals surface area contributed by atoms with E-state index in [4.69, 9.17) is 0 Å². The number of nitrogens with zero attached hydrogens (tertiary/aromatic N) is 1. The van der Waals surface area contributed by atoms with Gasteiger partial charge in [-0.1, -0.05) is 29.8 Å². The number of amides is 2. The molecule has 31 heavy (non-hydrogen) atoms. The maximum atomic E-state index is 13.0. The number of fused-ring (bicyclic) bond motifs is 1. The number of anilines is 1. The zero-order chi connectivity index (χ0) is 23.1. The third-order valence-electron chi connectivity index (χ3n) is 4.61. The molecular weight excluding hydrogens is 450 g/mol. The predicted molar refractivity (Wildman–Crippen MR) is 98.8 cm³/mol. The number of alkyl halides is 6. The molecule has 5 nitrogen and oxygen atoms in total. The van der Waals surface area contributed by atoms with Crippen LogP contribution in [0.1, 0.15) is 31.9 Å². The normalized spacial score (nSPS) is 14.2. The van der Waals surface area contributed by atoms with E-state index >= 15 is 0 Å². The van der Waals surface area contributed by atoms with Crippen molar-refractivity contribution in [2.24, 2.45) is 0 Å². The number of halogens is 6. The number of carbonyl (C=O) groups is 3. The molecule has 1 aliphatic heterocycles. The number of benzene rings is 1. The minimum atomic E-state index is -5.23. The molecule has 0 aliphatic carbocycles. The average molecular weight is 464 g/mol. The maximum Gasteiger partial charge on any atom is 0.471 e. The molecule has 0 atom stereocenters. The van der Waals surface area contributed by atoms with Crippen LogP contribution in [0.25, 0.3) is 0 Å². The van der Waals surface area contributed by atoms with Gasteiger partial charge < -0.3 is 10.2 Å². The predicted octanol–water partition coefficient (Wildman–Crippen LogP) is 4.24. The second kappa shape index (κ2) is 7.98. The molecule has 0 saturated carbocycles. The molecule has 2 amide bonds. The zero-order valence-corrected chi connectivity index (χ0v) is 16.6. The number of hydrogen-bond acceptors (Lipinski definition) is 4. The van der Waals surface area contributed by atoms with E-state index in [1.807, 2.05) is 0 Å². The summed E-state index contributed by atoms with van der Waals surface area (Å²) in [4.78, 5) is 36.6. The van der Waals surface area contributed by atoms with Crippen LogP contribution in [0.5, 0.6) is 0 Å². The molecule has 0 spiro atoms. The quantitative estimate of drug-likeness (QED) is 0.546. The summed E-state index contributed by atoms with van der Waals surface area (Å²) < 4.78 is 76.5. The lowest BCUT2D eigenvalue weighted by Gasteiger charge is -2.27. The maximum absolute atomic E-state index is 13.0. The number of aryl methyl sites for hydroxylation is 1. The summed E-state index contributed by atoms with van der Waals surface area (Å²) in [6, 6.07) is 6.15. The van der Waals surface area contributed by atoms with Crippen LogP contribution < -0.4 is 5.32 Å². The molecule has 12 heteroatoms. The van der Waals surface area contributed by atoms with Gasteiger partial charge in [0.1, 0.15) is 5.00 Å². The average Bonchev–Trinajstić information content (AvgIpc) is 3.02. The number of thiophene rings is 1. The van der Waals surface area contributed by atoms with Crippen molar-refractivity contribution in [2.75, 3.05) is 11.9 Å². The second-order valence-electron chi connectivity index (χ2n) is 6.83. The SMILES string of the molecule is Cc1ccc(C(=O)c2c(NC(=O)C(F)(F)F)sc3c2CCN(C(=O)C(F)(F)F)C3)cc1. The minimum Gasteiger partial charge on any atom is -0.329 e. The van der Waals surface area contributed by atoms with Gasteiger partial charge in [0.05, 0.1) is 12.1 Å². The first kappa shape index (κ1) is 22.8. The molecule has 0 fully saturated rings. The van der Waals surface area contributed by atoms with Crippen molar-refractivity contribution in [2.45, 2.75) is 32.2 Å². The van der Waals surface area contributed by atoms with Gasteiger partial charge in [0.2, 0.25) is 0 Å². The third kappa shape index (κ3) is 4.73. The van der Waals surface area contributed by atoms with Gasteiger partial charge in [0.25, 0.3) is 0 Å². The molecule has 1 aromatic heterocycles. The van der Waals surface area contributed by atoms with Gasteiger partial charge in [-0.15, -0.1) is 11.3 Å². The summed E-state index contributed by atoms with van der Waals surface area (Å²) in [6.07, 6.45) is -10.5. The first-order valence-electron chi connectivity index (χ1n) is 8.79. The largest absolute Gasteiger partial charge is 0.471 e. The minimum absolute atomic E-state index is 0.108. The number of carbonyl (C=O) groups excluding carboxylic acids is 3. The highest BCUT2D eigenvalue weighted by atomic mass is 32.1. The fourth-order valence-electron chi connectivity index (χ4n) is 3.11. The van der Waals surface area contributed by atoms with Gasteiger partial charge in [-0.2, -0.15) is 26.3 Å². The van der Waals surface area contributed by atoms with E-state index in [9.17, 15) is 40.7 Å². The van der Waals surface area contributed by atoms with Gasteiger partial charge in [-0.25, -0.2) is 0 Å². The summed E-state index contributed by atoms with van der Waals surface area (Å²) >= 11 is 0.550. The van der Waals surface area contributed by atoms with Gasteiger partial charge in [0.15, 0.2) is 5.78 Å². The highest BCUT2D eigenvalue weighted by molar-refractivity contribution is 7.17. The molecule has 1 aromatic carbocycles. The highest BCUT2D eigenvalue weighted by Gasteiger charge is 2.44. The molecule has 1 N–H and O–H groups in total. The Morgan fingerprint density at radius 2 is 1.61 bits per heavy atom. The van der Waals surface area contributed by atoms with Crippen molar-refractivity contribution in [3.05, 3.63) is 51.4 Å². The second-order valence-corrected chi connectivity index (χ2v) is 7.93. The van der Waals surface area contributed by atoms with Crippen LogP contribution in [0.2, 0.25) is 0 Å². The summed E-state index contributed by atoms with van der Waals surface area (Å²) in [6.45, 7) is 0.860. The zero-order valence-electron chi connectivity index (χ0n) is 15.8. The molecule has 166 valence electrons. The number of ketones is 1. The fraction of sp³-hybridized carbons (Fsp3) is 0.316. The van der Waals surface area contributed by atoms with Crippen LogP contribution in [-0.2, 0) is 22.6 Å². The van der Waals surface area contributed by atoms with E-state index in [0.29, 0.717) is 16.2 Å². The Morgan fingerprint density at radius 1 is 1.00 bits per heavy atom. The molecule has 0 bridgehead atoms. The fourth-order valence-corrected chi connectivity index (χ4v) is 4.36. The number of hydrogen-bond donors (Lipinski definition) is 1. The van der Waals surface area contributed by atoms with Crippen LogP contribution >= 0.6 is 11.3 Å². The summed E-state index contributed by atoms with van der Waals surface area (Å²) in [5.41, 5.74) is 0.984. The molecule has 1 aliphatic rings. The van der Waals surface area contributed by atoms with Gasteiger partial charge in [-0.3, -0.25) is 14.4 Å². The van der Waals surface area contributed by atoms with E-state index in [1.54, 1.807) is 24.4 Å². The standard InChI is InChI=1S/C19H14F6N2O3S/c1-9-2-4-10(5-3-9)14(28)13-11-6-7-27(17(30)19(23,24)25)8-12(11)31-15(13)26-16(29)18(20,21)22/h2-5H,6-8H2,1H3,(H,26,29). The van der Waals surface area contributed by atoms with Crippen LogP contribution in [0.15, 0.2) is 24.3 Å². The van der Waals surface area contributed by atoms with Gasteiger partial charge in [0, 0.05) is 17.0 Å². The van der Waals surface area contributed by atoms with E-state index in [0.717, 1.165) is 5.56 Å². The molecule has 0 radical (unpaired) electrons. The third-order valence-corrected chi connectivity index (χ3v) is 5.74. The molecule has 2 aromatic rings. The Kier molecular flexibility index (Phi) is 5.87. The summed E-state index contributed by atoms with van der Waals surface area (Å²) in [5, 5.41) is 1.23. The molecule has 0 unspecified atom stereocenters. The van der Waals surface area contributed by atoms with Crippen molar-refractivity contribution in [1.82, 2.24) is 4.90 Å². The lowest BCUT2D eigenvalue weighted by Crippen LogP contribution is -2.43. The Bertz CT molecular complexity index is 1040. The van der Waals surface area contributed by atoms with Crippen molar-refractivity contribution in [3.63, 3.8) is 0 Å². The number of nitrogens with one attached hydrogen (secondary N) is 1. The van der Waals surface area contributed by atoms with Crippen molar-refractivity contribution in [1.29, 1.82) is 0 Å². The van der Waals surface area contributed by atoms with Gasteiger partial charge >= 0.3 is 24.2 Å².